The van der Waals surface area contributed by atoms with Crippen molar-refractivity contribution in [2.75, 3.05) is 0 Å². The van der Waals surface area contributed by atoms with Gasteiger partial charge in [-0.2, -0.15) is 8.78 Å². The van der Waals surface area contributed by atoms with E-state index in [1.807, 2.05) is 65.2 Å². The largest absolute Gasteiger partial charge is 0.347 e. The molecule has 4 rings (SSSR count). The third-order valence-corrected chi connectivity index (χ3v) is 4.58. The van der Waals surface area contributed by atoms with Crippen LogP contribution in [0.15, 0.2) is 73.1 Å². The van der Waals surface area contributed by atoms with Crippen LogP contribution in [-0.2, 0) is 17.9 Å². The number of hydrogen-bond donors (Lipinski definition) is 1. The number of nitrogens with zero attached hydrogens (tertiary/aromatic N) is 3. The van der Waals surface area contributed by atoms with Gasteiger partial charge in [-0.25, -0.2) is 4.98 Å². The van der Waals surface area contributed by atoms with Gasteiger partial charge in [0.05, 0.1) is 6.54 Å². The summed E-state index contributed by atoms with van der Waals surface area (Å²) in [6, 6.07) is 19.7. The van der Waals surface area contributed by atoms with Crippen molar-refractivity contribution >= 4 is 16.8 Å². The minimum atomic E-state index is -2.69. The van der Waals surface area contributed by atoms with Crippen LogP contribution >= 0.6 is 0 Å². The number of fused-ring (bicyclic) bond motifs is 1. The third kappa shape index (κ3) is 3.51. The van der Waals surface area contributed by atoms with Crippen LogP contribution in [0.5, 0.6) is 0 Å². The van der Waals surface area contributed by atoms with Crippen molar-refractivity contribution in [1.29, 1.82) is 0 Å². The summed E-state index contributed by atoms with van der Waals surface area (Å²) < 4.78 is 28.5. The van der Waals surface area contributed by atoms with Crippen molar-refractivity contribution in [1.82, 2.24) is 19.4 Å². The predicted molar refractivity (Wildman–Crippen MR) is 103 cm³/mol. The van der Waals surface area contributed by atoms with Crippen LogP contribution in [0.25, 0.3) is 22.2 Å². The summed E-state index contributed by atoms with van der Waals surface area (Å²) in [5.74, 6) is -0.161. The summed E-state index contributed by atoms with van der Waals surface area (Å²) in [5.41, 5.74) is 2.86. The fourth-order valence-corrected chi connectivity index (χ4v) is 3.26. The molecular weight excluding hydrogens is 362 g/mol. The lowest BCUT2D eigenvalue weighted by Gasteiger charge is -2.12. The van der Waals surface area contributed by atoms with Crippen molar-refractivity contribution in [2.24, 2.45) is 0 Å². The Hall–Kier alpha value is -3.48. The molecule has 0 saturated heterocycles. The maximum Gasteiger partial charge on any atom is 0.319 e. The number of para-hydroxylation sites is 1. The smallest absolute Gasteiger partial charge is 0.319 e. The van der Waals surface area contributed by atoms with Crippen LogP contribution in [0.4, 0.5) is 8.78 Å². The quantitative estimate of drug-likeness (QED) is 0.545. The molecule has 0 aliphatic heterocycles. The summed E-state index contributed by atoms with van der Waals surface area (Å²) >= 11 is 0. The second-order valence-electron chi connectivity index (χ2n) is 6.35. The van der Waals surface area contributed by atoms with Gasteiger partial charge in [-0.15, -0.1) is 0 Å². The minimum Gasteiger partial charge on any atom is -0.347 e. The number of hydrogen-bond acceptors (Lipinski definition) is 2. The van der Waals surface area contributed by atoms with Crippen LogP contribution < -0.4 is 5.32 Å². The summed E-state index contributed by atoms with van der Waals surface area (Å²) in [5, 5.41) is 3.72. The molecule has 0 unspecified atom stereocenters. The van der Waals surface area contributed by atoms with E-state index >= 15 is 0 Å². The van der Waals surface area contributed by atoms with Gasteiger partial charge in [-0.05, 0) is 17.7 Å². The molecule has 0 aliphatic carbocycles. The lowest BCUT2D eigenvalue weighted by atomic mass is 10.1. The molecule has 2 aromatic carbocycles. The van der Waals surface area contributed by atoms with Crippen molar-refractivity contribution < 1.29 is 13.6 Å². The summed E-state index contributed by atoms with van der Waals surface area (Å²) in [4.78, 5) is 16.4. The van der Waals surface area contributed by atoms with Crippen LogP contribution in [0.3, 0.4) is 0 Å². The van der Waals surface area contributed by atoms with Crippen LogP contribution in [0.2, 0.25) is 0 Å². The Balaban J connectivity index is 1.58. The number of alkyl halides is 2. The molecule has 142 valence electrons. The van der Waals surface area contributed by atoms with Gasteiger partial charge in [0, 0.05) is 29.0 Å². The van der Waals surface area contributed by atoms with Crippen LogP contribution in [0, 0.1) is 0 Å². The Kier molecular flexibility index (Phi) is 4.89. The van der Waals surface area contributed by atoms with E-state index < -0.39 is 6.55 Å². The first-order valence-corrected chi connectivity index (χ1v) is 8.84. The van der Waals surface area contributed by atoms with Gasteiger partial charge >= 0.3 is 6.55 Å². The molecule has 0 fully saturated rings. The molecule has 0 bridgehead atoms. The highest BCUT2D eigenvalue weighted by Crippen LogP contribution is 2.28. The lowest BCUT2D eigenvalue weighted by Crippen LogP contribution is -2.28. The number of benzene rings is 2. The lowest BCUT2D eigenvalue weighted by molar-refractivity contribution is -0.121. The van der Waals surface area contributed by atoms with Crippen LogP contribution in [-0.4, -0.2) is 20.0 Å². The topological polar surface area (TPSA) is 51.9 Å². The molecule has 2 heterocycles. The number of nitrogens with one attached hydrogen (secondary N) is 1. The van der Waals surface area contributed by atoms with Gasteiger partial charge in [-0.1, -0.05) is 48.5 Å². The molecule has 5 nitrogen and oxygen atoms in total. The Bertz CT molecular complexity index is 1100. The number of carbonyl (C=O) groups excluding carboxylic acids is 1. The second-order valence-corrected chi connectivity index (χ2v) is 6.35. The van der Waals surface area contributed by atoms with Gasteiger partial charge in [0.25, 0.3) is 0 Å². The highest BCUT2D eigenvalue weighted by atomic mass is 19.3. The minimum absolute atomic E-state index is 0.0595. The molecule has 0 saturated carbocycles. The van der Waals surface area contributed by atoms with Crippen molar-refractivity contribution in [3.8, 4) is 11.3 Å². The van der Waals surface area contributed by atoms with Crippen LogP contribution in [0.1, 0.15) is 12.4 Å². The first kappa shape index (κ1) is 17.9. The van der Waals surface area contributed by atoms with Gasteiger partial charge in [-0.3, -0.25) is 9.36 Å². The Morgan fingerprint density at radius 1 is 1.07 bits per heavy atom. The number of aromatic nitrogens is 3. The Morgan fingerprint density at radius 3 is 2.61 bits per heavy atom. The second kappa shape index (κ2) is 7.64. The molecule has 0 spiro atoms. The average molecular weight is 380 g/mol. The predicted octanol–water partition coefficient (Wildman–Crippen LogP) is 4.22. The number of imidazole rings is 1. The van der Waals surface area contributed by atoms with E-state index in [-0.39, 0.29) is 24.8 Å². The highest BCUT2D eigenvalue weighted by Gasteiger charge is 2.15. The third-order valence-electron chi connectivity index (χ3n) is 4.58. The van der Waals surface area contributed by atoms with E-state index in [0.717, 1.165) is 26.7 Å². The zero-order valence-corrected chi connectivity index (χ0v) is 14.9. The maximum absolute atomic E-state index is 12.9. The molecule has 0 aliphatic rings. The van der Waals surface area contributed by atoms with Gasteiger partial charge in [0.15, 0.2) is 0 Å². The van der Waals surface area contributed by atoms with E-state index in [9.17, 15) is 13.6 Å². The van der Waals surface area contributed by atoms with Gasteiger partial charge in [0.2, 0.25) is 5.91 Å². The van der Waals surface area contributed by atoms with E-state index in [4.69, 9.17) is 0 Å². The van der Waals surface area contributed by atoms with Crippen molar-refractivity contribution in [2.45, 2.75) is 19.6 Å². The first-order valence-electron chi connectivity index (χ1n) is 8.84. The highest BCUT2D eigenvalue weighted by molar-refractivity contribution is 5.89. The summed E-state index contributed by atoms with van der Waals surface area (Å²) in [6.45, 7) is -2.67. The summed E-state index contributed by atoms with van der Waals surface area (Å²) in [6.07, 6.45) is 2.49. The fraction of sp³-hybridized carbons (Fsp3) is 0.143. The normalized spacial score (nSPS) is 11.2. The molecule has 28 heavy (non-hydrogen) atoms. The SMILES string of the molecule is O=C(Cn1c(-c2ccccc2)cc2ccccc21)NCc1nccn1C(F)F. The summed E-state index contributed by atoms with van der Waals surface area (Å²) in [7, 11) is 0. The molecular formula is C21H18F2N4O. The van der Waals surface area contributed by atoms with Gasteiger partial charge in [0.1, 0.15) is 12.4 Å². The maximum atomic E-state index is 12.9. The van der Waals surface area contributed by atoms with E-state index in [0.29, 0.717) is 0 Å². The number of rotatable bonds is 6. The molecule has 4 aromatic rings. The zero-order valence-electron chi connectivity index (χ0n) is 14.9. The zero-order chi connectivity index (χ0) is 19.5. The van der Waals surface area contributed by atoms with Crippen molar-refractivity contribution in [3.05, 3.63) is 78.9 Å². The van der Waals surface area contributed by atoms with E-state index in [1.54, 1.807) is 0 Å². The first-order chi connectivity index (χ1) is 13.6. The number of halogens is 2. The Morgan fingerprint density at radius 2 is 1.82 bits per heavy atom. The molecule has 7 heteroatoms. The molecule has 2 aromatic heterocycles. The van der Waals surface area contributed by atoms with Crippen molar-refractivity contribution in [3.63, 3.8) is 0 Å². The standard InChI is InChI=1S/C21H18F2N4O/c22-21(23)26-11-10-24-19(26)13-25-20(28)14-27-17-9-5-4-8-16(17)12-18(27)15-6-2-1-3-7-15/h1-12,21H,13-14H2,(H,25,28). The monoisotopic (exact) mass is 380 g/mol. The molecule has 0 atom stereocenters. The molecule has 1 N–H and O–H groups in total. The molecule has 1 amide bonds. The Labute approximate surface area is 160 Å². The van der Waals surface area contributed by atoms with Gasteiger partial charge < -0.3 is 9.88 Å². The van der Waals surface area contributed by atoms with E-state index in [2.05, 4.69) is 10.3 Å². The number of amides is 1. The molecule has 0 radical (unpaired) electrons. The average Bonchev–Trinajstić information content (AvgIpc) is 3.32. The van der Waals surface area contributed by atoms with E-state index in [1.165, 1.54) is 12.4 Å². The fourth-order valence-electron chi connectivity index (χ4n) is 3.26. The number of carbonyl (C=O) groups is 1.